The molecule has 7 nitrogen and oxygen atoms in total. The number of aliphatic carboxylic acids is 2. The second-order valence-corrected chi connectivity index (χ2v) is 8.75. The number of carboxylic acids is 2. The van der Waals surface area contributed by atoms with Crippen LogP contribution in [0, 0.1) is 0 Å². The van der Waals surface area contributed by atoms with E-state index in [1.54, 1.807) is 17.0 Å². The van der Waals surface area contributed by atoms with Crippen molar-refractivity contribution >= 4 is 41.2 Å². The van der Waals surface area contributed by atoms with Gasteiger partial charge in [0.25, 0.3) is 0 Å². The van der Waals surface area contributed by atoms with E-state index >= 15 is 0 Å². The minimum Gasteiger partial charge on any atom is -0.550 e. The number of carboxylic acid groups (broad SMARTS) is 2. The number of nitrogens with zero attached hydrogens (tertiary/aromatic N) is 2. The molecule has 1 aliphatic rings. The van der Waals surface area contributed by atoms with Crippen LogP contribution in [-0.2, 0) is 14.4 Å². The molecule has 0 bridgehead atoms. The molecule has 0 aromatic heterocycles. The molecule has 190 valence electrons. The van der Waals surface area contributed by atoms with Gasteiger partial charge in [-0.1, -0.05) is 24.3 Å². The van der Waals surface area contributed by atoms with E-state index in [1.165, 1.54) is 5.69 Å². The molecule has 0 atom stereocenters. The van der Waals surface area contributed by atoms with Crippen LogP contribution < -0.4 is 79.1 Å². The normalized spacial score (nSPS) is 14.6. The van der Waals surface area contributed by atoms with Gasteiger partial charge in [0, 0.05) is 73.5 Å². The van der Waals surface area contributed by atoms with Gasteiger partial charge in [-0.2, -0.15) is 0 Å². The molecule has 0 amide bonds. The summed E-state index contributed by atoms with van der Waals surface area (Å²) in [5.41, 5.74) is 5.27. The van der Waals surface area contributed by atoms with Crippen LogP contribution in [0.1, 0.15) is 50.7 Å². The summed E-state index contributed by atoms with van der Waals surface area (Å²) in [5.74, 6) is -2.34. The number of rotatable bonds is 12. The fraction of sp³-hybridized carbons (Fsp3) is 0.345. The van der Waals surface area contributed by atoms with E-state index in [-0.39, 0.29) is 90.8 Å². The minimum absolute atomic E-state index is 0. The summed E-state index contributed by atoms with van der Waals surface area (Å²) in [6.45, 7) is 6.42. The third-order valence-corrected chi connectivity index (χ3v) is 6.38. The van der Waals surface area contributed by atoms with Crippen molar-refractivity contribution in [3.63, 3.8) is 0 Å². The molecular formula is C29H32N2Na2O5. The Labute approximate surface area is 269 Å². The maximum absolute atomic E-state index is 13.0. The molecule has 9 heteroatoms. The van der Waals surface area contributed by atoms with E-state index < -0.39 is 11.9 Å². The Morgan fingerprint density at radius 2 is 1.08 bits per heavy atom. The third-order valence-electron chi connectivity index (χ3n) is 6.38. The van der Waals surface area contributed by atoms with Gasteiger partial charge in [0.1, 0.15) is 0 Å². The van der Waals surface area contributed by atoms with Crippen LogP contribution in [0.4, 0.5) is 11.4 Å². The summed E-state index contributed by atoms with van der Waals surface area (Å²) in [7, 11) is 0. The quantitative estimate of drug-likeness (QED) is 0.205. The molecule has 1 saturated carbocycles. The number of allylic oxidation sites excluding steroid dienone is 2. The summed E-state index contributed by atoms with van der Waals surface area (Å²) < 4.78 is 0. The van der Waals surface area contributed by atoms with E-state index in [4.69, 9.17) is 0 Å². The average molecular weight is 535 g/mol. The van der Waals surface area contributed by atoms with E-state index in [2.05, 4.69) is 30.9 Å². The van der Waals surface area contributed by atoms with Gasteiger partial charge in [0.05, 0.1) is 0 Å². The van der Waals surface area contributed by atoms with Gasteiger partial charge in [-0.3, -0.25) is 4.79 Å². The maximum atomic E-state index is 13.0. The molecule has 0 spiro atoms. The van der Waals surface area contributed by atoms with E-state index in [1.807, 2.05) is 36.4 Å². The Kier molecular flexibility index (Phi) is 15.2. The SMILES string of the molecule is CCN(CC)c1ccc(/C=C2\CC/C(=C/c3ccc(N(CCC(=O)[O-])CCC(=O)[O-])cc3)C2=O)cc1.[Na+].[Na+]. The second-order valence-electron chi connectivity index (χ2n) is 8.75. The van der Waals surface area contributed by atoms with Crippen molar-refractivity contribution in [1.29, 1.82) is 0 Å². The molecule has 38 heavy (non-hydrogen) atoms. The van der Waals surface area contributed by atoms with Crippen molar-refractivity contribution in [1.82, 2.24) is 0 Å². The topological polar surface area (TPSA) is 104 Å². The Balaban J connectivity index is 0.00000361. The summed E-state index contributed by atoms with van der Waals surface area (Å²) in [5, 5.41) is 21.7. The smallest absolute Gasteiger partial charge is 0.550 e. The first-order valence-corrected chi connectivity index (χ1v) is 12.4. The van der Waals surface area contributed by atoms with Crippen molar-refractivity contribution in [3.05, 3.63) is 70.8 Å². The molecule has 1 fully saturated rings. The van der Waals surface area contributed by atoms with Gasteiger partial charge in [0.15, 0.2) is 5.78 Å². The zero-order valence-electron chi connectivity index (χ0n) is 22.9. The molecule has 0 radical (unpaired) electrons. The first-order valence-electron chi connectivity index (χ1n) is 12.4. The van der Waals surface area contributed by atoms with Gasteiger partial charge in [-0.15, -0.1) is 0 Å². The molecule has 0 heterocycles. The molecule has 3 rings (SSSR count). The Morgan fingerprint density at radius 3 is 1.42 bits per heavy atom. The molecule has 1 aliphatic carbocycles. The number of carbonyl (C=O) groups is 3. The van der Waals surface area contributed by atoms with Gasteiger partial charge in [-0.05, 0) is 74.2 Å². The molecule has 0 N–H and O–H groups in total. The molecular weight excluding hydrogens is 502 g/mol. The van der Waals surface area contributed by atoms with Gasteiger partial charge in [-0.25, -0.2) is 0 Å². The maximum Gasteiger partial charge on any atom is 1.00 e. The standard InChI is InChI=1S/C29H34N2O5.2Na/c1-3-30(4-2)25-11-5-21(6-12-25)19-23-9-10-24(29(23)36)20-22-7-13-26(14-8-22)31(17-15-27(32)33)18-16-28(34)35;;/h5-8,11-14,19-20H,3-4,9-10,15-18H2,1-2H3,(H,32,33)(H,34,35);;/q;2*+1/p-2/b23-19+,24-20-;;. The second kappa shape index (κ2) is 17.0. The number of Topliss-reactive ketones (excluding diaryl/α,β-unsaturated/α-hetero) is 1. The predicted octanol–water partition coefficient (Wildman–Crippen LogP) is -3.54. The summed E-state index contributed by atoms with van der Waals surface area (Å²) in [6, 6.07) is 15.5. The van der Waals surface area contributed by atoms with Crippen LogP contribution in [0.3, 0.4) is 0 Å². The number of hydrogen-bond donors (Lipinski definition) is 0. The van der Waals surface area contributed by atoms with Gasteiger partial charge >= 0.3 is 59.1 Å². The zero-order chi connectivity index (χ0) is 26.1. The monoisotopic (exact) mass is 534 g/mol. The number of carbonyl (C=O) groups excluding carboxylic acids is 3. The van der Waals surface area contributed by atoms with Crippen LogP contribution in [0.25, 0.3) is 12.2 Å². The van der Waals surface area contributed by atoms with E-state index in [0.29, 0.717) is 18.5 Å². The molecule has 0 saturated heterocycles. The van der Waals surface area contributed by atoms with Crippen molar-refractivity contribution in [2.45, 2.75) is 39.5 Å². The molecule has 0 unspecified atom stereocenters. The minimum atomic E-state index is -1.20. The third kappa shape index (κ3) is 10.0. The van der Waals surface area contributed by atoms with Crippen molar-refractivity contribution in [3.8, 4) is 0 Å². The zero-order valence-corrected chi connectivity index (χ0v) is 26.9. The van der Waals surface area contributed by atoms with E-state index in [9.17, 15) is 24.6 Å². The molecule has 2 aromatic carbocycles. The van der Waals surface area contributed by atoms with Crippen molar-refractivity contribution < 1.29 is 83.7 Å². The first kappa shape index (κ1) is 34.2. The fourth-order valence-electron chi connectivity index (χ4n) is 4.35. The largest absolute Gasteiger partial charge is 1.00 e. The summed E-state index contributed by atoms with van der Waals surface area (Å²) in [4.78, 5) is 38.6. The van der Waals surface area contributed by atoms with Crippen LogP contribution in [0.5, 0.6) is 0 Å². The van der Waals surface area contributed by atoms with Crippen LogP contribution in [0.2, 0.25) is 0 Å². The fourth-order valence-corrected chi connectivity index (χ4v) is 4.35. The Hall–Kier alpha value is -1.87. The summed E-state index contributed by atoms with van der Waals surface area (Å²) in [6.07, 6.45) is 4.79. The van der Waals surface area contributed by atoms with Crippen molar-refractivity contribution in [2.24, 2.45) is 0 Å². The number of benzene rings is 2. The number of hydrogen-bond acceptors (Lipinski definition) is 7. The molecule has 0 aliphatic heterocycles. The number of anilines is 2. The summed E-state index contributed by atoms with van der Waals surface area (Å²) >= 11 is 0. The molecule has 2 aromatic rings. The van der Waals surface area contributed by atoms with Crippen LogP contribution >= 0.6 is 0 Å². The predicted molar refractivity (Wildman–Crippen MR) is 138 cm³/mol. The Morgan fingerprint density at radius 1 is 0.711 bits per heavy atom. The number of ketones is 1. The van der Waals surface area contributed by atoms with Crippen LogP contribution in [-0.4, -0.2) is 43.9 Å². The van der Waals surface area contributed by atoms with Gasteiger partial charge in [0.2, 0.25) is 0 Å². The average Bonchev–Trinajstić information content (AvgIpc) is 3.20. The first-order chi connectivity index (χ1) is 17.3. The van der Waals surface area contributed by atoms with Gasteiger partial charge < -0.3 is 29.6 Å². The van der Waals surface area contributed by atoms with Crippen LogP contribution in [0.15, 0.2) is 59.7 Å². The Bertz CT molecular complexity index is 1120. The van der Waals surface area contributed by atoms with Crippen molar-refractivity contribution in [2.75, 3.05) is 36.0 Å². The van der Waals surface area contributed by atoms with E-state index in [0.717, 1.165) is 35.4 Å².